The Morgan fingerprint density at radius 2 is 0.810 bits per heavy atom. The predicted molar refractivity (Wildman–Crippen MR) is 262 cm³/mol. The first kappa shape index (κ1) is 63.7. The van der Waals surface area contributed by atoms with E-state index < -0.39 is 194 Å². The van der Waals surface area contributed by atoms with E-state index in [1.807, 2.05) is 0 Å². The quantitative estimate of drug-likeness (QED) is 0.0499. The molecule has 0 saturated carbocycles. The Hall–Kier alpha value is -4.51. The summed E-state index contributed by atoms with van der Waals surface area (Å²) < 4.78 is 81.8. The van der Waals surface area contributed by atoms with Crippen LogP contribution in [0.25, 0.3) is 0 Å². The van der Waals surface area contributed by atoms with Gasteiger partial charge in [-0.3, -0.25) is 38.5 Å². The molecule has 0 bridgehead atoms. The lowest BCUT2D eigenvalue weighted by Crippen LogP contribution is -2.55. The van der Waals surface area contributed by atoms with Gasteiger partial charge in [-0.2, -0.15) is 0 Å². The molecule has 30 heteroatoms. The molecule has 0 unspecified atom stereocenters. The number of alkyl carbamates (subject to hydrolysis) is 1. The largest absolute Gasteiger partial charge is 0.464 e. The van der Waals surface area contributed by atoms with Gasteiger partial charge in [0, 0.05) is 21.3 Å². The van der Waals surface area contributed by atoms with Gasteiger partial charge in [-0.15, -0.1) is 0 Å². The highest BCUT2D eigenvalue weighted by Crippen LogP contribution is 2.42. The Balaban J connectivity index is 1.10. The van der Waals surface area contributed by atoms with E-state index in [0.29, 0.717) is 0 Å². The molecule has 6 amide bonds. The Bertz CT molecular complexity index is 2160. The van der Waals surface area contributed by atoms with Crippen molar-refractivity contribution in [2.24, 2.45) is 0 Å². The van der Waals surface area contributed by atoms with Gasteiger partial charge in [0.1, 0.15) is 60.5 Å². The molecule has 6 N–H and O–H groups in total. The lowest BCUT2D eigenvalue weighted by Gasteiger charge is -2.32. The van der Waals surface area contributed by atoms with Gasteiger partial charge in [0.25, 0.3) is 11.8 Å². The molecule has 79 heavy (non-hydrogen) atoms. The Labute approximate surface area is 457 Å². The maximum atomic E-state index is 13.9. The van der Waals surface area contributed by atoms with Crippen molar-refractivity contribution < 1.29 is 114 Å². The van der Waals surface area contributed by atoms with Gasteiger partial charge >= 0.3 is 12.1 Å². The Morgan fingerprint density at radius 3 is 1.11 bits per heavy atom. The first-order chi connectivity index (χ1) is 36.9. The summed E-state index contributed by atoms with van der Waals surface area (Å²) >= 11 is 0. The van der Waals surface area contributed by atoms with Crippen LogP contribution in [0, 0.1) is 0 Å². The Kier molecular flexibility index (Phi) is 21.1. The van der Waals surface area contributed by atoms with E-state index in [1.54, 1.807) is 69.2 Å². The molecule has 0 aromatic rings. The summed E-state index contributed by atoms with van der Waals surface area (Å²) in [6.45, 7) is 20.9. The SMILES string of the molecule is CCOC(=O)[C@@H](C)ONC(=O)C[C@@H](NC(=O)[C@@H](C)ONC(=O)C[C@@H](NC(=O)[C@@H](C)ONC(=O)C[C@@H](NC(=O)OC(C)(C)C)[C@H]1O[C@@H]2OC(C)(C)O[C@@H]2[C@H]1OC)[C@H]1O[C@@H]2OC(C)(C)O[C@@H]2[C@H]1OC)[C@H]1O[C@@H]2OC(C)(C)O[C@@H]2[C@H]1OC. The van der Waals surface area contributed by atoms with Crippen molar-refractivity contribution >= 4 is 41.6 Å². The third-order valence-corrected chi connectivity index (χ3v) is 13.1. The molecule has 0 radical (unpaired) electrons. The van der Waals surface area contributed by atoms with Crippen LogP contribution in [0.15, 0.2) is 0 Å². The number of carbonyl (C=O) groups is 7. The van der Waals surface area contributed by atoms with Crippen molar-refractivity contribution in [2.45, 2.75) is 242 Å². The summed E-state index contributed by atoms with van der Waals surface area (Å²) in [6, 6.07) is -3.48. The molecular formula is C49H80N6O24. The molecule has 30 nitrogen and oxygen atoms in total. The first-order valence-electron chi connectivity index (χ1n) is 26.1. The highest BCUT2D eigenvalue weighted by atomic mass is 16.9. The molecule has 6 rings (SSSR count). The number of nitrogens with one attached hydrogen (secondary N) is 6. The second kappa shape index (κ2) is 26.2. The fourth-order valence-electron chi connectivity index (χ4n) is 9.70. The standard InChI is InChI=1S/C49H80N6O24/c1-17-66-41(61)23(4)79-55-28(57)19-25(31-34(64-15)37-43(68-31)74-48(10,11)71-37)51-39(59)21(2)77-53-27(56)18-24(30-33(63-14)36-42(67-30)73-47(8,9)70-36)50-40(60)22(3)78-54-29(58)20-26(52-45(62)76-46(5,6)7)32-35(65-16)38-44(69-32)75-49(12,13)72-38/h21-26,30-38,42-44H,17-20H2,1-16H3,(H,50,60)(H,51,59)(H,52,62)(H,53,56)(H,54,58)(H,55,57)/t21-,22-,23-,24-,25-,26-,30-,31-,32-,33+,34+,35+,36-,37-,38-,42-,43-,44-/m1/s1. The molecule has 6 fully saturated rings. The normalized spacial score (nSPS) is 32.2. The van der Waals surface area contributed by atoms with Crippen LogP contribution in [-0.4, -0.2) is 203 Å². The molecule has 0 spiro atoms. The van der Waals surface area contributed by atoms with E-state index in [2.05, 4.69) is 32.4 Å². The number of hydrogen-bond donors (Lipinski definition) is 6. The highest BCUT2D eigenvalue weighted by Gasteiger charge is 2.60. The van der Waals surface area contributed by atoms with Gasteiger partial charge in [0.15, 0.2) is 54.5 Å². The fraction of sp³-hybridized carbons (Fsp3) is 0.857. The molecule has 0 aromatic heterocycles. The molecule has 18 atom stereocenters. The maximum Gasteiger partial charge on any atom is 0.407 e. The van der Waals surface area contributed by atoms with Crippen molar-refractivity contribution in [3.05, 3.63) is 0 Å². The molecule has 450 valence electrons. The molecule has 0 aliphatic carbocycles. The number of fused-ring (bicyclic) bond motifs is 3. The molecule has 6 heterocycles. The zero-order valence-electron chi connectivity index (χ0n) is 47.5. The topological polar surface area (TPSA) is 349 Å². The third-order valence-electron chi connectivity index (χ3n) is 13.1. The van der Waals surface area contributed by atoms with Crippen LogP contribution in [0.2, 0.25) is 0 Å². The van der Waals surface area contributed by atoms with Crippen LogP contribution in [-0.2, 0) is 110 Å². The van der Waals surface area contributed by atoms with Crippen LogP contribution >= 0.6 is 0 Å². The fourth-order valence-corrected chi connectivity index (χ4v) is 9.70. The van der Waals surface area contributed by atoms with E-state index in [-0.39, 0.29) is 6.61 Å². The average molecular weight is 1140 g/mol. The first-order valence-corrected chi connectivity index (χ1v) is 26.1. The molecule has 6 aliphatic heterocycles. The predicted octanol–water partition coefficient (Wildman–Crippen LogP) is -0.434. The summed E-state index contributed by atoms with van der Waals surface area (Å²) in [5.74, 6) is -7.86. The van der Waals surface area contributed by atoms with Gasteiger partial charge in [-0.1, -0.05) is 0 Å². The minimum absolute atomic E-state index is 0.0856. The maximum absolute atomic E-state index is 13.9. The van der Waals surface area contributed by atoms with Gasteiger partial charge in [0.2, 0.25) is 17.7 Å². The summed E-state index contributed by atoms with van der Waals surface area (Å²) in [5.41, 5.74) is 5.78. The number of hydrogen-bond acceptors (Lipinski definition) is 24. The number of hydroxylamine groups is 3. The van der Waals surface area contributed by atoms with Crippen LogP contribution < -0.4 is 32.4 Å². The van der Waals surface area contributed by atoms with Gasteiger partial charge in [-0.25, -0.2) is 26.0 Å². The van der Waals surface area contributed by atoms with Gasteiger partial charge in [-0.05, 0) is 90.0 Å². The van der Waals surface area contributed by atoms with Crippen molar-refractivity contribution in [1.29, 1.82) is 0 Å². The van der Waals surface area contributed by atoms with E-state index in [4.69, 9.17) is 80.8 Å². The monoisotopic (exact) mass is 1140 g/mol. The highest BCUT2D eigenvalue weighted by molar-refractivity contribution is 5.84. The van der Waals surface area contributed by atoms with Crippen molar-refractivity contribution in [2.75, 3.05) is 27.9 Å². The summed E-state index contributed by atoms with van der Waals surface area (Å²) in [6.07, 6.45) is -17.0. The zero-order chi connectivity index (χ0) is 58.5. The van der Waals surface area contributed by atoms with E-state index in [9.17, 15) is 33.6 Å². The van der Waals surface area contributed by atoms with Crippen LogP contribution in [0.5, 0.6) is 0 Å². The second-order valence-electron chi connectivity index (χ2n) is 22.0. The average Bonchev–Trinajstić information content (AvgIpc) is 4.32. The van der Waals surface area contributed by atoms with E-state index >= 15 is 0 Å². The summed E-state index contributed by atoms with van der Waals surface area (Å²) in [7, 11) is 4.21. The van der Waals surface area contributed by atoms with Crippen molar-refractivity contribution in [3.8, 4) is 0 Å². The van der Waals surface area contributed by atoms with Crippen molar-refractivity contribution in [1.82, 2.24) is 32.4 Å². The number of esters is 1. The van der Waals surface area contributed by atoms with Crippen molar-refractivity contribution in [3.63, 3.8) is 0 Å². The van der Waals surface area contributed by atoms with Crippen LogP contribution in [0.1, 0.15) is 109 Å². The minimum Gasteiger partial charge on any atom is -0.464 e. The number of methoxy groups -OCH3 is 3. The van der Waals surface area contributed by atoms with E-state index in [1.165, 1.54) is 42.1 Å². The van der Waals surface area contributed by atoms with Crippen LogP contribution in [0.4, 0.5) is 4.79 Å². The van der Waals surface area contributed by atoms with E-state index in [0.717, 1.165) is 0 Å². The second-order valence-corrected chi connectivity index (χ2v) is 22.0. The number of carbonyl (C=O) groups excluding carboxylic acids is 7. The number of ether oxygens (including phenoxy) is 14. The number of amides is 6. The summed E-state index contributed by atoms with van der Waals surface area (Å²) in [4.78, 5) is 110. The Morgan fingerprint density at radius 1 is 0.494 bits per heavy atom. The summed E-state index contributed by atoms with van der Waals surface area (Å²) in [5, 5.41) is 8.11. The molecule has 6 aliphatic rings. The minimum atomic E-state index is -1.43. The van der Waals surface area contributed by atoms with Crippen LogP contribution in [0.3, 0.4) is 0 Å². The molecule has 0 aromatic carbocycles. The zero-order valence-corrected chi connectivity index (χ0v) is 47.5. The lowest BCUT2D eigenvalue weighted by molar-refractivity contribution is -0.220. The molecular weight excluding hydrogens is 1060 g/mol. The van der Waals surface area contributed by atoms with Gasteiger partial charge < -0.3 is 82.3 Å². The lowest BCUT2D eigenvalue weighted by atomic mass is 9.99. The van der Waals surface area contributed by atoms with Gasteiger partial charge in [0.05, 0.1) is 44.0 Å². The number of rotatable bonds is 25. The third kappa shape index (κ3) is 16.6. The molecule has 6 saturated heterocycles. The smallest absolute Gasteiger partial charge is 0.407 e.